The van der Waals surface area contributed by atoms with Crippen LogP contribution in [0.15, 0.2) is 0 Å². The molecule has 0 radical (unpaired) electrons. The van der Waals surface area contributed by atoms with E-state index in [0.29, 0.717) is 0 Å². The van der Waals surface area contributed by atoms with Crippen LogP contribution in [0, 0.1) is 0 Å². The van der Waals surface area contributed by atoms with Crippen LogP contribution >= 0.6 is 0 Å². The smallest absolute Gasteiger partial charge is 0.409 e. The molecule has 0 spiro atoms. The first-order valence-corrected chi connectivity index (χ1v) is 6.94. The van der Waals surface area contributed by atoms with E-state index in [1.54, 1.807) is 27.7 Å². The Morgan fingerprint density at radius 1 is 1.13 bits per heavy atom. The molecule has 0 bridgehead atoms. The summed E-state index contributed by atoms with van der Waals surface area (Å²) in [5, 5.41) is 15.4. The normalized spacial score (nSPS) is 11.8. The summed E-state index contributed by atoms with van der Waals surface area (Å²) >= 11 is 0. The minimum Gasteiger partial charge on any atom is -0.481 e. The summed E-state index contributed by atoms with van der Waals surface area (Å²) in [4.78, 5) is 45.1. The number of hydrogen-bond acceptors (Lipinski definition) is 6. The van der Waals surface area contributed by atoms with Gasteiger partial charge in [-0.05, 0) is 27.7 Å². The molecule has 0 aliphatic rings. The molecule has 10 heteroatoms. The predicted octanol–water partition coefficient (Wildman–Crippen LogP) is 0.174. The van der Waals surface area contributed by atoms with Crippen molar-refractivity contribution in [1.29, 1.82) is 0 Å². The summed E-state index contributed by atoms with van der Waals surface area (Å²) in [6, 6.07) is -0.833. The van der Waals surface area contributed by atoms with E-state index in [4.69, 9.17) is 9.84 Å². The van der Waals surface area contributed by atoms with Crippen LogP contribution in [0.5, 0.6) is 0 Å². The maximum Gasteiger partial charge on any atom is 0.409 e. The molecule has 4 N–H and O–H groups in total. The second-order valence-corrected chi connectivity index (χ2v) is 5.43. The molecule has 0 saturated carbocycles. The summed E-state index contributed by atoms with van der Waals surface area (Å²) in [6.45, 7) is 6.32. The van der Waals surface area contributed by atoms with Crippen molar-refractivity contribution in [1.82, 2.24) is 16.0 Å². The van der Waals surface area contributed by atoms with Gasteiger partial charge in [0, 0.05) is 0 Å². The van der Waals surface area contributed by atoms with Crippen LogP contribution in [0.1, 0.15) is 34.1 Å². The highest BCUT2D eigenvalue weighted by molar-refractivity contribution is 5.82. The molecule has 10 nitrogen and oxygen atoms in total. The van der Waals surface area contributed by atoms with E-state index in [1.807, 2.05) is 0 Å². The summed E-state index contributed by atoms with van der Waals surface area (Å²) < 4.78 is 9.59. The molecule has 0 fully saturated rings. The Bertz CT molecular complexity index is 445. The number of urea groups is 1. The number of ether oxygens (including phenoxy) is 2. The predicted molar refractivity (Wildman–Crippen MR) is 78.6 cm³/mol. The molecule has 132 valence electrons. The number of nitrogens with one attached hydrogen (secondary N) is 3. The van der Waals surface area contributed by atoms with Crippen LogP contribution in [0.25, 0.3) is 0 Å². The van der Waals surface area contributed by atoms with Gasteiger partial charge in [-0.3, -0.25) is 9.59 Å². The van der Waals surface area contributed by atoms with Gasteiger partial charge in [0.2, 0.25) is 0 Å². The van der Waals surface area contributed by atoms with Crippen molar-refractivity contribution in [2.75, 3.05) is 13.2 Å². The van der Waals surface area contributed by atoms with Crippen molar-refractivity contribution in [3.8, 4) is 0 Å². The first-order valence-electron chi connectivity index (χ1n) is 6.94. The van der Waals surface area contributed by atoms with Crippen LogP contribution in [0.4, 0.5) is 9.59 Å². The van der Waals surface area contributed by atoms with Gasteiger partial charge in [-0.25, -0.2) is 9.59 Å². The van der Waals surface area contributed by atoms with Crippen molar-refractivity contribution >= 4 is 24.1 Å². The van der Waals surface area contributed by atoms with E-state index in [0.717, 1.165) is 0 Å². The highest BCUT2D eigenvalue weighted by Crippen LogP contribution is 2.06. The minimum absolute atomic E-state index is 0.171. The number of hydrogen-bond donors (Lipinski definition) is 4. The van der Waals surface area contributed by atoms with E-state index in [-0.39, 0.29) is 13.2 Å². The Labute approximate surface area is 133 Å². The van der Waals surface area contributed by atoms with Crippen LogP contribution < -0.4 is 16.0 Å². The zero-order chi connectivity index (χ0) is 18.0. The molecule has 0 heterocycles. The number of aliphatic carboxylic acids is 1. The van der Waals surface area contributed by atoms with Gasteiger partial charge in [0.15, 0.2) is 0 Å². The molecule has 23 heavy (non-hydrogen) atoms. The van der Waals surface area contributed by atoms with E-state index in [2.05, 4.69) is 20.7 Å². The van der Waals surface area contributed by atoms with Crippen molar-refractivity contribution in [2.45, 2.75) is 45.9 Å². The first kappa shape index (κ1) is 20.5. The van der Waals surface area contributed by atoms with Crippen LogP contribution in [-0.2, 0) is 19.1 Å². The second kappa shape index (κ2) is 9.49. The minimum atomic E-state index is -1.24. The summed E-state index contributed by atoms with van der Waals surface area (Å²) in [6.07, 6.45) is -2.65. The second-order valence-electron chi connectivity index (χ2n) is 5.43. The maximum atomic E-state index is 11.6. The molecule has 1 atom stereocenters. The highest BCUT2D eigenvalue weighted by atomic mass is 16.6. The lowest BCUT2D eigenvalue weighted by atomic mass is 10.2. The molecule has 3 amide bonds. The average Bonchev–Trinajstić information content (AvgIpc) is 2.33. The lowest BCUT2D eigenvalue weighted by Crippen LogP contribution is -2.53. The average molecular weight is 333 g/mol. The fraction of sp³-hybridized carbons (Fsp3) is 0.692. The topological polar surface area (TPSA) is 143 Å². The fourth-order valence-electron chi connectivity index (χ4n) is 1.34. The molecule has 0 aromatic heterocycles. The molecular formula is C13H23N3O7. The van der Waals surface area contributed by atoms with Gasteiger partial charge in [-0.2, -0.15) is 0 Å². The highest BCUT2D eigenvalue weighted by Gasteiger charge is 2.22. The quantitative estimate of drug-likeness (QED) is 0.384. The number of rotatable bonds is 7. The van der Waals surface area contributed by atoms with Crippen LogP contribution in [0.2, 0.25) is 0 Å². The van der Waals surface area contributed by atoms with Gasteiger partial charge in [-0.15, -0.1) is 0 Å². The fourth-order valence-corrected chi connectivity index (χ4v) is 1.34. The monoisotopic (exact) mass is 333 g/mol. The zero-order valence-electron chi connectivity index (χ0n) is 13.6. The van der Waals surface area contributed by atoms with Gasteiger partial charge in [0.05, 0.1) is 13.0 Å². The number of carboxylic acids is 1. The largest absolute Gasteiger partial charge is 0.481 e. The van der Waals surface area contributed by atoms with Gasteiger partial charge in [0.1, 0.15) is 18.3 Å². The van der Waals surface area contributed by atoms with Crippen LogP contribution in [0.3, 0.4) is 0 Å². The standard InChI is InChI=1S/C13H23N3O7/c1-5-22-10(19)7-14-11(20)15-8(6-9(17)18)16-12(21)23-13(2,3)4/h8H,5-7H2,1-4H3,(H,16,21)(H,17,18)(H2,14,15,20). The van der Waals surface area contributed by atoms with Crippen molar-refractivity contribution in [3.63, 3.8) is 0 Å². The van der Waals surface area contributed by atoms with Crippen molar-refractivity contribution in [2.24, 2.45) is 0 Å². The molecule has 0 aromatic carbocycles. The molecule has 0 aliphatic carbocycles. The Morgan fingerprint density at radius 3 is 2.22 bits per heavy atom. The molecule has 0 aliphatic heterocycles. The zero-order valence-corrected chi connectivity index (χ0v) is 13.6. The van der Waals surface area contributed by atoms with Crippen LogP contribution in [-0.4, -0.2) is 54.1 Å². The number of esters is 1. The van der Waals surface area contributed by atoms with Gasteiger partial charge < -0.3 is 30.5 Å². The Hall–Kier alpha value is -2.52. The Balaban J connectivity index is 4.49. The molecule has 1 unspecified atom stereocenters. The van der Waals surface area contributed by atoms with E-state index < -0.39 is 42.3 Å². The number of carboxylic acid groups (broad SMARTS) is 1. The van der Waals surface area contributed by atoms with Gasteiger partial charge in [0.25, 0.3) is 0 Å². The lowest BCUT2D eigenvalue weighted by molar-refractivity contribution is -0.142. The molecular weight excluding hydrogens is 310 g/mol. The summed E-state index contributed by atoms with van der Waals surface area (Å²) in [5.74, 6) is -1.88. The third-order valence-electron chi connectivity index (χ3n) is 2.07. The van der Waals surface area contributed by atoms with E-state index in [1.165, 1.54) is 0 Å². The lowest BCUT2D eigenvalue weighted by Gasteiger charge is -2.23. The molecule has 0 aromatic rings. The summed E-state index contributed by atoms with van der Waals surface area (Å²) in [5.41, 5.74) is -0.774. The summed E-state index contributed by atoms with van der Waals surface area (Å²) in [7, 11) is 0. The third kappa shape index (κ3) is 11.8. The number of amides is 3. The van der Waals surface area contributed by atoms with Crippen molar-refractivity contribution < 1.29 is 33.8 Å². The molecule has 0 saturated heterocycles. The van der Waals surface area contributed by atoms with Crippen molar-refractivity contribution in [3.05, 3.63) is 0 Å². The Kier molecular flexibility index (Phi) is 8.45. The number of carbonyl (C=O) groups excluding carboxylic acids is 3. The number of carbonyl (C=O) groups is 4. The third-order valence-corrected chi connectivity index (χ3v) is 2.07. The van der Waals surface area contributed by atoms with E-state index in [9.17, 15) is 19.2 Å². The number of alkyl carbamates (subject to hydrolysis) is 1. The molecule has 0 rings (SSSR count). The first-order chi connectivity index (χ1) is 10.5. The Morgan fingerprint density at radius 2 is 1.74 bits per heavy atom. The SMILES string of the molecule is CCOC(=O)CNC(=O)NC(CC(=O)O)NC(=O)OC(C)(C)C. The maximum absolute atomic E-state index is 11.6. The van der Waals surface area contributed by atoms with E-state index >= 15 is 0 Å². The van der Waals surface area contributed by atoms with Gasteiger partial charge >= 0.3 is 24.1 Å². The van der Waals surface area contributed by atoms with Gasteiger partial charge in [-0.1, -0.05) is 0 Å².